The number of rotatable bonds is 12. The van der Waals surface area contributed by atoms with Gasteiger partial charge in [-0.15, -0.1) is 0 Å². The normalized spacial score (nSPS) is 9.78. The highest BCUT2D eigenvalue weighted by Gasteiger charge is 2.05. The third kappa shape index (κ3) is 11.8. The summed E-state index contributed by atoms with van der Waals surface area (Å²) in [6, 6.07) is 5.67. The van der Waals surface area contributed by atoms with Crippen LogP contribution in [0.5, 0.6) is 17.2 Å². The van der Waals surface area contributed by atoms with E-state index in [1.165, 1.54) is 0 Å². The molecule has 0 aliphatic heterocycles. The summed E-state index contributed by atoms with van der Waals surface area (Å²) in [6.45, 7) is 5.92. The zero-order valence-corrected chi connectivity index (χ0v) is 16.8. The van der Waals surface area contributed by atoms with Gasteiger partial charge < -0.3 is 14.2 Å². The molecular weight excluding hydrogens is 348 g/mol. The number of benzene rings is 1. The zero-order chi connectivity index (χ0) is 17.3. The quantitative estimate of drug-likeness (QED) is 0.360. The van der Waals surface area contributed by atoms with Crippen molar-refractivity contribution < 1.29 is 14.2 Å². The van der Waals surface area contributed by atoms with E-state index in [9.17, 15) is 0 Å². The number of hydrogen-bond donors (Lipinski definition) is 3. The fourth-order valence-electron chi connectivity index (χ4n) is 1.56. The van der Waals surface area contributed by atoms with Crippen LogP contribution < -0.4 is 14.2 Å². The lowest BCUT2D eigenvalue weighted by atomic mass is 10.3. The van der Waals surface area contributed by atoms with Gasteiger partial charge in [-0.2, -0.15) is 37.9 Å². The average Bonchev–Trinajstić information content (AvgIpc) is 2.57. The van der Waals surface area contributed by atoms with Crippen LogP contribution in [-0.4, -0.2) is 37.1 Å². The average molecular weight is 379 g/mol. The Labute approximate surface area is 157 Å². The van der Waals surface area contributed by atoms with Gasteiger partial charge in [0.15, 0.2) is 0 Å². The molecule has 0 bridgehead atoms. The van der Waals surface area contributed by atoms with Crippen LogP contribution in [0.1, 0.15) is 33.1 Å². The Bertz CT molecular complexity index is 320. The topological polar surface area (TPSA) is 27.7 Å². The summed E-state index contributed by atoms with van der Waals surface area (Å²) in [6.07, 6.45) is 2.72. The second kappa shape index (κ2) is 16.5. The lowest BCUT2D eigenvalue weighted by Crippen LogP contribution is -2.03. The molecule has 0 fully saturated rings. The first-order valence-corrected chi connectivity index (χ1v) is 10.1. The molecule has 0 aromatic heterocycles. The first-order valence-electron chi connectivity index (χ1n) is 8.16. The highest BCUT2D eigenvalue weighted by molar-refractivity contribution is 7.80. The molecule has 23 heavy (non-hydrogen) atoms. The van der Waals surface area contributed by atoms with Gasteiger partial charge in [-0.05, 0) is 36.5 Å². The molecule has 0 radical (unpaired) electrons. The van der Waals surface area contributed by atoms with E-state index in [2.05, 4.69) is 37.9 Å². The molecule has 0 amide bonds. The largest absolute Gasteiger partial charge is 0.493 e. The van der Waals surface area contributed by atoms with E-state index in [-0.39, 0.29) is 0 Å². The third-order valence-electron chi connectivity index (χ3n) is 2.57. The Balaban J connectivity index is 0.00000232. The van der Waals surface area contributed by atoms with Crippen molar-refractivity contribution >= 4 is 37.9 Å². The highest BCUT2D eigenvalue weighted by Crippen LogP contribution is 2.28. The van der Waals surface area contributed by atoms with Gasteiger partial charge in [0.05, 0.1) is 19.8 Å². The van der Waals surface area contributed by atoms with Crippen molar-refractivity contribution in [3.8, 4) is 17.2 Å². The van der Waals surface area contributed by atoms with E-state index in [0.29, 0.717) is 19.8 Å². The Morgan fingerprint density at radius 1 is 0.609 bits per heavy atom. The third-order valence-corrected chi connectivity index (χ3v) is 3.52. The van der Waals surface area contributed by atoms with E-state index < -0.39 is 0 Å². The van der Waals surface area contributed by atoms with Crippen LogP contribution in [0.4, 0.5) is 0 Å². The maximum atomic E-state index is 5.70. The van der Waals surface area contributed by atoms with Gasteiger partial charge in [0.2, 0.25) is 0 Å². The molecular formula is C17H30O3S3. The van der Waals surface area contributed by atoms with E-state index in [4.69, 9.17) is 14.2 Å². The van der Waals surface area contributed by atoms with Crippen molar-refractivity contribution in [3.05, 3.63) is 18.2 Å². The van der Waals surface area contributed by atoms with Gasteiger partial charge in [-0.25, -0.2) is 0 Å². The second-order valence-corrected chi connectivity index (χ2v) is 5.76. The Morgan fingerprint density at radius 2 is 0.870 bits per heavy atom. The Hall–Kier alpha value is -0.330. The van der Waals surface area contributed by atoms with Crippen LogP contribution in [0.2, 0.25) is 0 Å². The first-order chi connectivity index (χ1) is 11.3. The molecule has 0 atom stereocenters. The SMILES string of the molecule is CC.SCCCOc1cc(OCCCS)cc(OCCCS)c1. The molecule has 0 spiro atoms. The van der Waals surface area contributed by atoms with Gasteiger partial charge >= 0.3 is 0 Å². The maximum absolute atomic E-state index is 5.70. The molecule has 0 heterocycles. The fourth-order valence-corrected chi connectivity index (χ4v) is 1.95. The second-order valence-electron chi connectivity index (χ2n) is 4.42. The number of hydrogen-bond acceptors (Lipinski definition) is 6. The van der Waals surface area contributed by atoms with Gasteiger partial charge in [0.1, 0.15) is 17.2 Å². The van der Waals surface area contributed by atoms with Crippen molar-refractivity contribution in [2.45, 2.75) is 33.1 Å². The number of thiol groups is 3. The molecule has 6 heteroatoms. The fraction of sp³-hybridized carbons (Fsp3) is 0.647. The molecule has 0 unspecified atom stereocenters. The molecule has 1 aromatic rings. The smallest absolute Gasteiger partial charge is 0.126 e. The molecule has 3 nitrogen and oxygen atoms in total. The summed E-state index contributed by atoms with van der Waals surface area (Å²) in [4.78, 5) is 0. The van der Waals surface area contributed by atoms with E-state index in [1.54, 1.807) is 0 Å². The van der Waals surface area contributed by atoms with Crippen LogP contribution in [0.15, 0.2) is 18.2 Å². The maximum Gasteiger partial charge on any atom is 0.126 e. The summed E-state index contributed by atoms with van der Waals surface area (Å²) in [5.41, 5.74) is 0. The molecule has 0 saturated carbocycles. The van der Waals surface area contributed by atoms with Gasteiger partial charge in [-0.1, -0.05) is 13.8 Å². The predicted octanol–water partition coefficient (Wildman–Crippen LogP) is 4.81. The van der Waals surface area contributed by atoms with Gasteiger partial charge in [-0.3, -0.25) is 0 Å². The molecule has 1 rings (SSSR count). The minimum atomic E-state index is 0.639. The van der Waals surface area contributed by atoms with Crippen LogP contribution in [0, 0.1) is 0 Å². The molecule has 0 N–H and O–H groups in total. The van der Waals surface area contributed by atoms with E-state index in [1.807, 2.05) is 32.0 Å². The van der Waals surface area contributed by atoms with Crippen molar-refractivity contribution in [1.29, 1.82) is 0 Å². The minimum Gasteiger partial charge on any atom is -0.493 e. The van der Waals surface area contributed by atoms with Crippen LogP contribution in [0.25, 0.3) is 0 Å². The van der Waals surface area contributed by atoms with E-state index >= 15 is 0 Å². The molecule has 134 valence electrons. The summed E-state index contributed by atoms with van der Waals surface area (Å²) in [5, 5.41) is 0. The Kier molecular flexibility index (Phi) is 16.3. The van der Waals surface area contributed by atoms with Crippen LogP contribution in [-0.2, 0) is 0 Å². The molecule has 1 aromatic carbocycles. The van der Waals surface area contributed by atoms with Crippen molar-refractivity contribution in [2.75, 3.05) is 37.1 Å². The molecule has 0 aliphatic rings. The van der Waals surface area contributed by atoms with E-state index in [0.717, 1.165) is 53.8 Å². The summed E-state index contributed by atoms with van der Waals surface area (Å²) >= 11 is 12.5. The molecule has 0 aliphatic carbocycles. The van der Waals surface area contributed by atoms with Crippen LogP contribution in [0.3, 0.4) is 0 Å². The first kappa shape index (κ1) is 22.7. The van der Waals surface area contributed by atoms with Gasteiger partial charge in [0.25, 0.3) is 0 Å². The summed E-state index contributed by atoms with van der Waals surface area (Å²) in [5.74, 6) is 4.72. The number of ether oxygens (including phenoxy) is 3. The lowest BCUT2D eigenvalue weighted by Gasteiger charge is -2.13. The predicted molar refractivity (Wildman–Crippen MR) is 110 cm³/mol. The standard InChI is InChI=1S/C15H24O3S3.C2H6/c19-7-1-4-16-13-10-14(17-5-2-8-20)12-15(11-13)18-6-3-9-21;1-2/h10-12,19-21H,1-9H2;1-2H3. The zero-order valence-electron chi connectivity index (χ0n) is 14.2. The van der Waals surface area contributed by atoms with Crippen molar-refractivity contribution in [3.63, 3.8) is 0 Å². The van der Waals surface area contributed by atoms with Crippen LogP contribution >= 0.6 is 37.9 Å². The van der Waals surface area contributed by atoms with Gasteiger partial charge in [0, 0.05) is 18.2 Å². The molecule has 0 saturated heterocycles. The summed E-state index contributed by atoms with van der Waals surface area (Å²) < 4.78 is 17.1. The monoisotopic (exact) mass is 378 g/mol. The van der Waals surface area contributed by atoms with Crippen molar-refractivity contribution in [2.24, 2.45) is 0 Å². The highest BCUT2D eigenvalue weighted by atomic mass is 32.1. The summed E-state index contributed by atoms with van der Waals surface area (Å²) in [7, 11) is 0. The Morgan fingerprint density at radius 3 is 1.09 bits per heavy atom. The lowest BCUT2D eigenvalue weighted by molar-refractivity contribution is 0.288. The minimum absolute atomic E-state index is 0.639. The van der Waals surface area contributed by atoms with Crippen molar-refractivity contribution in [1.82, 2.24) is 0 Å².